The lowest BCUT2D eigenvalue weighted by Gasteiger charge is -2.21. The van der Waals surface area contributed by atoms with Crippen molar-refractivity contribution in [1.82, 2.24) is 5.32 Å². The van der Waals surface area contributed by atoms with Crippen LogP contribution in [0.3, 0.4) is 0 Å². The molecule has 0 aliphatic heterocycles. The molecule has 0 saturated carbocycles. The molecular weight excluding hydrogens is 308 g/mol. The quantitative estimate of drug-likeness (QED) is 0.613. The van der Waals surface area contributed by atoms with Gasteiger partial charge in [0.2, 0.25) is 0 Å². The van der Waals surface area contributed by atoms with Crippen LogP contribution in [0.2, 0.25) is 5.02 Å². The molecule has 2 rings (SSSR count). The number of nitrogens with zero attached hydrogens (tertiary/aromatic N) is 1. The van der Waals surface area contributed by atoms with Gasteiger partial charge in [-0.25, -0.2) is 0 Å². The summed E-state index contributed by atoms with van der Waals surface area (Å²) in [6.07, 6.45) is 0. The highest BCUT2D eigenvalue weighted by molar-refractivity contribution is 7.10. The van der Waals surface area contributed by atoms with Gasteiger partial charge in [0.25, 0.3) is 5.69 Å². The van der Waals surface area contributed by atoms with Crippen molar-refractivity contribution < 1.29 is 4.92 Å². The summed E-state index contributed by atoms with van der Waals surface area (Å²) >= 11 is 7.84. The Morgan fingerprint density at radius 3 is 2.67 bits per heavy atom. The molecule has 0 fully saturated rings. The Hall–Kier alpha value is -1.43. The van der Waals surface area contributed by atoms with E-state index in [4.69, 9.17) is 11.6 Å². The van der Waals surface area contributed by atoms with Crippen LogP contribution in [0.5, 0.6) is 0 Å². The van der Waals surface area contributed by atoms with Gasteiger partial charge in [-0.15, -0.1) is 11.3 Å². The fourth-order valence-corrected chi connectivity index (χ4v) is 3.36. The molecule has 2 aromatic rings. The number of halogens is 1. The van der Waals surface area contributed by atoms with Crippen LogP contribution in [0, 0.1) is 16.0 Å². The molecule has 4 nitrogen and oxygen atoms in total. The van der Waals surface area contributed by atoms with E-state index >= 15 is 0 Å². The Balaban J connectivity index is 2.09. The van der Waals surface area contributed by atoms with Crippen molar-refractivity contribution in [3.05, 3.63) is 61.3 Å². The first kappa shape index (κ1) is 15.9. The molecule has 1 aromatic carbocycles. The number of rotatable bonds is 6. The van der Waals surface area contributed by atoms with Gasteiger partial charge in [0, 0.05) is 29.6 Å². The molecule has 0 aliphatic carbocycles. The van der Waals surface area contributed by atoms with Crippen LogP contribution in [0.1, 0.15) is 30.3 Å². The maximum atomic E-state index is 10.7. The Bertz CT molecular complexity index is 614. The van der Waals surface area contributed by atoms with Gasteiger partial charge in [0.1, 0.15) is 0 Å². The van der Waals surface area contributed by atoms with Crippen LogP contribution in [0.4, 0.5) is 5.69 Å². The minimum absolute atomic E-state index is 0.0161. The SMILES string of the molecule is CC(C)C(NCc1ccc([N+](=O)[O-])cc1Cl)c1cccs1. The molecule has 0 spiro atoms. The molecule has 112 valence electrons. The van der Waals surface area contributed by atoms with Gasteiger partial charge in [-0.1, -0.05) is 31.5 Å². The molecule has 0 saturated heterocycles. The number of benzene rings is 1. The topological polar surface area (TPSA) is 55.2 Å². The number of hydrogen-bond donors (Lipinski definition) is 1. The van der Waals surface area contributed by atoms with E-state index in [0.717, 1.165) is 5.56 Å². The minimum atomic E-state index is -0.439. The highest BCUT2D eigenvalue weighted by Gasteiger charge is 2.17. The van der Waals surface area contributed by atoms with E-state index in [2.05, 4.69) is 30.6 Å². The van der Waals surface area contributed by atoms with Gasteiger partial charge < -0.3 is 5.32 Å². The van der Waals surface area contributed by atoms with E-state index in [-0.39, 0.29) is 11.7 Å². The van der Waals surface area contributed by atoms with Crippen LogP contribution < -0.4 is 5.32 Å². The van der Waals surface area contributed by atoms with Crippen LogP contribution >= 0.6 is 22.9 Å². The minimum Gasteiger partial charge on any atom is -0.305 e. The Morgan fingerprint density at radius 1 is 1.38 bits per heavy atom. The molecule has 1 aromatic heterocycles. The Kier molecular flexibility index (Phi) is 5.33. The molecule has 1 atom stereocenters. The van der Waals surface area contributed by atoms with E-state index in [1.165, 1.54) is 17.0 Å². The second kappa shape index (κ2) is 7.02. The van der Waals surface area contributed by atoms with E-state index in [1.54, 1.807) is 17.4 Å². The van der Waals surface area contributed by atoms with Crippen LogP contribution in [-0.2, 0) is 6.54 Å². The normalized spacial score (nSPS) is 12.6. The van der Waals surface area contributed by atoms with Crippen molar-refractivity contribution in [3.8, 4) is 0 Å². The molecule has 21 heavy (non-hydrogen) atoms. The molecule has 0 radical (unpaired) electrons. The number of nitro groups is 1. The lowest BCUT2D eigenvalue weighted by atomic mass is 10.0. The third-order valence-corrected chi connectivity index (χ3v) is 4.58. The third-order valence-electron chi connectivity index (χ3n) is 3.28. The van der Waals surface area contributed by atoms with Gasteiger partial charge in [-0.05, 0) is 29.0 Å². The molecule has 1 heterocycles. The van der Waals surface area contributed by atoms with E-state index in [0.29, 0.717) is 17.5 Å². The van der Waals surface area contributed by atoms with Crippen LogP contribution in [-0.4, -0.2) is 4.92 Å². The molecule has 0 amide bonds. The summed E-state index contributed by atoms with van der Waals surface area (Å²) in [6, 6.07) is 8.98. The molecule has 0 bridgehead atoms. The lowest BCUT2D eigenvalue weighted by Crippen LogP contribution is -2.24. The molecule has 1 unspecified atom stereocenters. The highest BCUT2D eigenvalue weighted by Crippen LogP contribution is 2.28. The first-order valence-electron chi connectivity index (χ1n) is 6.68. The van der Waals surface area contributed by atoms with Crippen molar-refractivity contribution in [2.24, 2.45) is 5.92 Å². The van der Waals surface area contributed by atoms with Crippen molar-refractivity contribution in [2.75, 3.05) is 0 Å². The molecule has 6 heteroatoms. The zero-order valence-corrected chi connectivity index (χ0v) is 13.4. The van der Waals surface area contributed by atoms with Crippen LogP contribution in [0.15, 0.2) is 35.7 Å². The average Bonchev–Trinajstić information content (AvgIpc) is 2.93. The first-order valence-corrected chi connectivity index (χ1v) is 7.94. The Morgan fingerprint density at radius 2 is 2.14 bits per heavy atom. The van der Waals surface area contributed by atoms with Gasteiger partial charge in [0.05, 0.1) is 9.95 Å². The van der Waals surface area contributed by atoms with Crippen molar-refractivity contribution in [3.63, 3.8) is 0 Å². The predicted octanol–water partition coefficient (Wildman–Crippen LogP) is 4.80. The molecular formula is C15H17ClN2O2S. The third kappa shape index (κ3) is 4.03. The highest BCUT2D eigenvalue weighted by atomic mass is 35.5. The van der Waals surface area contributed by atoms with Gasteiger partial charge in [-0.3, -0.25) is 10.1 Å². The van der Waals surface area contributed by atoms with E-state index in [9.17, 15) is 10.1 Å². The van der Waals surface area contributed by atoms with Gasteiger partial charge in [0.15, 0.2) is 0 Å². The number of nitrogens with one attached hydrogen (secondary N) is 1. The second-order valence-electron chi connectivity index (χ2n) is 5.15. The predicted molar refractivity (Wildman–Crippen MR) is 86.8 cm³/mol. The summed E-state index contributed by atoms with van der Waals surface area (Å²) in [5, 5.41) is 16.7. The summed E-state index contributed by atoms with van der Waals surface area (Å²) in [5.74, 6) is 0.445. The summed E-state index contributed by atoms with van der Waals surface area (Å²) in [4.78, 5) is 11.5. The van der Waals surface area contributed by atoms with Crippen molar-refractivity contribution in [2.45, 2.75) is 26.4 Å². The summed E-state index contributed by atoms with van der Waals surface area (Å²) < 4.78 is 0. The average molecular weight is 325 g/mol. The molecule has 0 aliphatic rings. The number of hydrogen-bond acceptors (Lipinski definition) is 4. The maximum absolute atomic E-state index is 10.7. The Labute approximate surface area is 132 Å². The smallest absolute Gasteiger partial charge is 0.270 e. The summed E-state index contributed by atoms with van der Waals surface area (Å²) in [7, 11) is 0. The van der Waals surface area contributed by atoms with Crippen molar-refractivity contribution >= 4 is 28.6 Å². The first-order chi connectivity index (χ1) is 9.99. The fourth-order valence-electron chi connectivity index (χ4n) is 2.15. The standard InChI is InChI=1S/C15H17ClN2O2S/c1-10(2)15(14-4-3-7-21-14)17-9-11-5-6-12(18(19)20)8-13(11)16/h3-8,10,15,17H,9H2,1-2H3. The molecule has 1 N–H and O–H groups in total. The monoisotopic (exact) mass is 324 g/mol. The van der Waals surface area contributed by atoms with Crippen molar-refractivity contribution in [1.29, 1.82) is 0 Å². The number of non-ortho nitro benzene ring substituents is 1. The van der Waals surface area contributed by atoms with Gasteiger partial charge >= 0.3 is 0 Å². The van der Waals surface area contributed by atoms with Gasteiger partial charge in [-0.2, -0.15) is 0 Å². The number of thiophene rings is 1. The number of nitro benzene ring substituents is 1. The van der Waals surface area contributed by atoms with E-state index in [1.807, 2.05) is 6.07 Å². The second-order valence-corrected chi connectivity index (χ2v) is 6.54. The maximum Gasteiger partial charge on any atom is 0.270 e. The van der Waals surface area contributed by atoms with E-state index < -0.39 is 4.92 Å². The summed E-state index contributed by atoms with van der Waals surface area (Å²) in [6.45, 7) is 4.90. The fraction of sp³-hybridized carbons (Fsp3) is 0.333. The largest absolute Gasteiger partial charge is 0.305 e. The zero-order valence-electron chi connectivity index (χ0n) is 11.9. The lowest BCUT2D eigenvalue weighted by molar-refractivity contribution is -0.384. The zero-order chi connectivity index (χ0) is 15.4. The summed E-state index contributed by atoms with van der Waals surface area (Å²) in [5.41, 5.74) is 0.881. The van der Waals surface area contributed by atoms with Crippen LogP contribution in [0.25, 0.3) is 0 Å².